The molecule has 0 fully saturated rings. The summed E-state index contributed by atoms with van der Waals surface area (Å²) in [5, 5.41) is 3.61. The van der Waals surface area contributed by atoms with E-state index in [0.717, 1.165) is 4.68 Å². The lowest BCUT2D eigenvalue weighted by Gasteiger charge is -2.14. The molecule has 1 aromatic heterocycles. The van der Waals surface area contributed by atoms with Crippen LogP contribution in [0.5, 0.6) is 0 Å². The number of nitrogens with zero attached hydrogens (tertiary/aromatic N) is 2. The first-order valence-electron chi connectivity index (χ1n) is 5.29. The van der Waals surface area contributed by atoms with Crippen LogP contribution in [0.1, 0.15) is 11.1 Å². The second-order valence-corrected chi connectivity index (χ2v) is 4.08. The summed E-state index contributed by atoms with van der Waals surface area (Å²) < 4.78 is 77.2. The van der Waals surface area contributed by atoms with Gasteiger partial charge in [0.15, 0.2) is 0 Å². The van der Waals surface area contributed by atoms with Crippen molar-refractivity contribution in [3.05, 3.63) is 41.6 Å². The Hall–Kier alpha value is -1.99. The van der Waals surface area contributed by atoms with Crippen LogP contribution in [0.2, 0.25) is 0 Å². The fourth-order valence-electron chi connectivity index (χ4n) is 1.70. The molecule has 0 amide bonds. The highest BCUT2D eigenvalue weighted by molar-refractivity contribution is 5.62. The number of benzene rings is 1. The lowest BCUT2D eigenvalue weighted by molar-refractivity contribution is -0.143. The van der Waals surface area contributed by atoms with Gasteiger partial charge in [-0.1, -0.05) is 0 Å². The molecule has 0 saturated heterocycles. The maximum absolute atomic E-state index is 12.7. The van der Waals surface area contributed by atoms with Crippen LogP contribution in [-0.2, 0) is 19.4 Å². The third-order valence-corrected chi connectivity index (χ3v) is 2.64. The van der Waals surface area contributed by atoms with E-state index in [1.807, 2.05) is 0 Å². The van der Waals surface area contributed by atoms with Crippen LogP contribution in [0.15, 0.2) is 24.3 Å². The van der Waals surface area contributed by atoms with Crippen molar-refractivity contribution in [3.63, 3.8) is 0 Å². The minimum absolute atomic E-state index is 0.0869. The Balaban J connectivity index is 2.67. The fraction of sp³-hybridized carbons (Fsp3) is 0.250. The lowest BCUT2D eigenvalue weighted by atomic mass is 10.0. The molecule has 0 aliphatic rings. The van der Waals surface area contributed by atoms with Crippen LogP contribution >= 0.6 is 0 Å². The summed E-state index contributed by atoms with van der Waals surface area (Å²) in [6.07, 6.45) is -7.36. The number of aromatic nitrogens is 2. The fourth-order valence-corrected chi connectivity index (χ4v) is 1.70. The van der Waals surface area contributed by atoms with Gasteiger partial charge in [0.1, 0.15) is 6.20 Å². The van der Waals surface area contributed by atoms with Gasteiger partial charge in [-0.25, -0.2) is 0 Å². The highest BCUT2D eigenvalue weighted by atomic mass is 19.4. The molecule has 0 aliphatic heterocycles. The summed E-state index contributed by atoms with van der Waals surface area (Å²) in [5.74, 6) is 0. The first-order chi connectivity index (χ1) is 9.09. The zero-order valence-corrected chi connectivity index (χ0v) is 9.97. The van der Waals surface area contributed by atoms with Gasteiger partial charge >= 0.3 is 12.4 Å². The van der Waals surface area contributed by atoms with E-state index in [0.29, 0.717) is 12.1 Å². The van der Waals surface area contributed by atoms with Gasteiger partial charge in [0, 0.05) is 12.6 Å². The largest absolute Gasteiger partial charge is 0.416 e. The van der Waals surface area contributed by atoms with Crippen molar-refractivity contribution in [2.45, 2.75) is 12.4 Å². The molecular weight excluding hydrogens is 286 g/mol. The smallest absolute Gasteiger partial charge is 0.267 e. The zero-order valence-electron chi connectivity index (χ0n) is 9.97. The van der Waals surface area contributed by atoms with Gasteiger partial charge in [-0.15, -0.1) is 0 Å². The molecule has 0 atom stereocenters. The molecule has 2 aromatic rings. The molecule has 2 nitrogen and oxygen atoms in total. The number of alkyl halides is 6. The molecule has 1 aromatic carbocycles. The number of hydrogen-bond donors (Lipinski definition) is 0. The number of aryl methyl sites for hydroxylation is 1. The van der Waals surface area contributed by atoms with E-state index in [1.165, 1.54) is 13.1 Å². The summed E-state index contributed by atoms with van der Waals surface area (Å²) >= 11 is 0. The number of rotatable bonds is 1. The molecule has 20 heavy (non-hydrogen) atoms. The maximum atomic E-state index is 12.7. The van der Waals surface area contributed by atoms with Gasteiger partial charge in [-0.2, -0.15) is 31.4 Å². The molecule has 0 saturated carbocycles. The van der Waals surface area contributed by atoms with Crippen LogP contribution in [0.25, 0.3) is 11.3 Å². The first-order valence-corrected chi connectivity index (χ1v) is 5.29. The summed E-state index contributed by atoms with van der Waals surface area (Å²) in [6, 6.07) is 2.61. The molecule has 1 heterocycles. The van der Waals surface area contributed by atoms with Crippen molar-refractivity contribution in [2.24, 2.45) is 7.05 Å². The van der Waals surface area contributed by atoms with Crippen LogP contribution in [0.4, 0.5) is 26.3 Å². The van der Waals surface area contributed by atoms with Crippen molar-refractivity contribution in [3.8, 4) is 11.3 Å². The van der Waals surface area contributed by atoms with Crippen LogP contribution in [0.3, 0.4) is 0 Å². The zero-order chi connectivity index (χ0) is 15.1. The van der Waals surface area contributed by atoms with E-state index in [9.17, 15) is 26.3 Å². The monoisotopic (exact) mass is 293 g/mol. The van der Waals surface area contributed by atoms with Gasteiger partial charge < -0.3 is 0 Å². The molecule has 0 aliphatic carbocycles. The third-order valence-electron chi connectivity index (χ3n) is 2.64. The van der Waals surface area contributed by atoms with Gasteiger partial charge in [0.2, 0.25) is 0 Å². The van der Waals surface area contributed by atoms with Crippen molar-refractivity contribution in [1.29, 1.82) is 0 Å². The standard InChI is InChI=1S/C12H7F6N2/c1-20-10(2-3-19-20)7-4-8(11(13,14)15)6-9(5-7)12(16,17)18/h2,4-6H,1H3. The highest BCUT2D eigenvalue weighted by Gasteiger charge is 2.37. The Morgan fingerprint density at radius 3 is 1.80 bits per heavy atom. The average molecular weight is 293 g/mol. The van der Waals surface area contributed by atoms with E-state index in [1.54, 1.807) is 0 Å². The molecule has 1 radical (unpaired) electrons. The molecule has 0 unspecified atom stereocenters. The van der Waals surface area contributed by atoms with Gasteiger partial charge in [0.25, 0.3) is 0 Å². The van der Waals surface area contributed by atoms with Crippen molar-refractivity contribution >= 4 is 0 Å². The highest BCUT2D eigenvalue weighted by Crippen LogP contribution is 2.38. The molecule has 0 spiro atoms. The number of hydrogen-bond acceptors (Lipinski definition) is 1. The van der Waals surface area contributed by atoms with E-state index in [4.69, 9.17) is 0 Å². The predicted molar refractivity (Wildman–Crippen MR) is 57.5 cm³/mol. The van der Waals surface area contributed by atoms with Crippen LogP contribution in [-0.4, -0.2) is 9.78 Å². The second-order valence-electron chi connectivity index (χ2n) is 4.08. The van der Waals surface area contributed by atoms with Gasteiger partial charge in [-0.3, -0.25) is 4.68 Å². The van der Waals surface area contributed by atoms with Gasteiger partial charge in [0.05, 0.1) is 16.8 Å². The normalized spacial score (nSPS) is 12.8. The minimum atomic E-state index is -4.86. The van der Waals surface area contributed by atoms with Crippen molar-refractivity contribution < 1.29 is 26.3 Å². The minimum Gasteiger partial charge on any atom is -0.267 e. The Morgan fingerprint density at radius 1 is 0.950 bits per heavy atom. The van der Waals surface area contributed by atoms with E-state index < -0.39 is 23.5 Å². The molecule has 2 rings (SSSR count). The number of halogens is 6. The Kier molecular flexibility index (Phi) is 3.27. The average Bonchev–Trinajstić information content (AvgIpc) is 2.72. The van der Waals surface area contributed by atoms with Gasteiger partial charge in [-0.05, 0) is 24.3 Å². The summed E-state index contributed by atoms with van der Waals surface area (Å²) in [4.78, 5) is 0. The second kappa shape index (κ2) is 4.53. The van der Waals surface area contributed by atoms with E-state index in [2.05, 4.69) is 11.3 Å². The molecular formula is C12H7F6N2. The van der Waals surface area contributed by atoms with E-state index >= 15 is 0 Å². The predicted octanol–water partition coefficient (Wildman–Crippen LogP) is 3.92. The SMILES string of the molecule is Cn1n[c]cc1-c1cc(C(F)(F)F)cc(C(F)(F)F)c1. The molecule has 107 valence electrons. The Bertz CT molecular complexity index is 591. The molecule has 0 N–H and O–H groups in total. The lowest BCUT2D eigenvalue weighted by Crippen LogP contribution is -2.11. The summed E-state index contributed by atoms with van der Waals surface area (Å²) in [7, 11) is 1.40. The van der Waals surface area contributed by atoms with E-state index in [-0.39, 0.29) is 17.3 Å². The van der Waals surface area contributed by atoms with Crippen LogP contribution in [0, 0.1) is 6.20 Å². The van der Waals surface area contributed by atoms with Crippen LogP contribution < -0.4 is 0 Å². The molecule has 8 heteroatoms. The Morgan fingerprint density at radius 2 is 1.45 bits per heavy atom. The first kappa shape index (κ1) is 14.4. The maximum Gasteiger partial charge on any atom is 0.416 e. The Labute approximate surface area is 109 Å². The van der Waals surface area contributed by atoms with Crippen molar-refractivity contribution in [2.75, 3.05) is 0 Å². The topological polar surface area (TPSA) is 17.8 Å². The summed E-state index contributed by atoms with van der Waals surface area (Å²) in [5.41, 5.74) is -2.82. The third kappa shape index (κ3) is 2.78. The quantitative estimate of drug-likeness (QED) is 0.729. The summed E-state index contributed by atoms with van der Waals surface area (Å²) in [6.45, 7) is 0. The van der Waals surface area contributed by atoms with Crippen molar-refractivity contribution in [1.82, 2.24) is 9.78 Å². The molecule has 0 bridgehead atoms.